The summed E-state index contributed by atoms with van der Waals surface area (Å²) in [6, 6.07) is 1.72. The van der Waals surface area contributed by atoms with Crippen LogP contribution in [0.5, 0.6) is 0 Å². The van der Waals surface area contributed by atoms with E-state index in [0.717, 1.165) is 18.4 Å². The van der Waals surface area contributed by atoms with Crippen molar-refractivity contribution < 1.29 is 27.1 Å². The van der Waals surface area contributed by atoms with Gasteiger partial charge in [-0.05, 0) is 40.0 Å². The van der Waals surface area contributed by atoms with Crippen molar-refractivity contribution >= 4 is 31.9 Å². The number of carboxylic acid groups (broad SMARTS) is 1. The summed E-state index contributed by atoms with van der Waals surface area (Å²) in [7, 11) is -3.73. The van der Waals surface area contributed by atoms with Crippen molar-refractivity contribution in [1.29, 1.82) is 0 Å². The molecule has 11 heteroatoms. The lowest BCUT2D eigenvalue weighted by Crippen LogP contribution is -2.30. The van der Waals surface area contributed by atoms with E-state index in [4.69, 9.17) is 5.11 Å². The lowest BCUT2D eigenvalue weighted by Gasteiger charge is -2.18. The average molecular weight is 436 g/mol. The molecule has 0 aliphatic heterocycles. The molecule has 2 aromatic rings. The van der Waals surface area contributed by atoms with Crippen LogP contribution in [-0.4, -0.2) is 35.8 Å². The van der Waals surface area contributed by atoms with E-state index in [2.05, 4.69) is 31.2 Å². The van der Waals surface area contributed by atoms with Gasteiger partial charge in [0.2, 0.25) is 15.0 Å². The van der Waals surface area contributed by atoms with E-state index in [-0.39, 0.29) is 22.2 Å². The highest BCUT2D eigenvalue weighted by molar-refractivity contribution is 9.10. The van der Waals surface area contributed by atoms with Crippen LogP contribution in [0, 0.1) is 11.6 Å². The summed E-state index contributed by atoms with van der Waals surface area (Å²) in [6.07, 6.45) is 0.510. The Morgan fingerprint density at radius 3 is 2.44 bits per heavy atom. The summed E-state index contributed by atoms with van der Waals surface area (Å²) < 4.78 is 50.2. The molecule has 0 aliphatic carbocycles. The summed E-state index contributed by atoms with van der Waals surface area (Å²) in [5.74, 6) is -1.63. The van der Waals surface area contributed by atoms with Crippen LogP contribution in [0.4, 0.5) is 13.6 Å². The topological polar surface area (TPSA) is 109 Å². The Morgan fingerprint density at radius 1 is 1.32 bits per heavy atom. The van der Waals surface area contributed by atoms with Gasteiger partial charge in [0, 0.05) is 18.5 Å². The first-order valence-corrected chi connectivity index (χ1v) is 9.41. The second-order valence-corrected chi connectivity index (χ2v) is 7.91. The van der Waals surface area contributed by atoms with Crippen molar-refractivity contribution in [2.45, 2.75) is 17.6 Å². The first kappa shape index (κ1) is 19.2. The maximum Gasteiger partial charge on any atom is 0.405 e. The molecule has 1 amide bonds. The van der Waals surface area contributed by atoms with E-state index in [9.17, 15) is 22.0 Å². The molecule has 134 valence electrons. The summed E-state index contributed by atoms with van der Waals surface area (Å²) in [4.78, 5) is 18.6. The molecule has 0 saturated carbocycles. The molecule has 0 radical (unpaired) electrons. The highest BCUT2D eigenvalue weighted by atomic mass is 79.9. The molecule has 1 atom stereocenters. The Labute approximate surface area is 150 Å². The Balaban J connectivity index is 2.48. The second kappa shape index (κ2) is 7.40. The van der Waals surface area contributed by atoms with Gasteiger partial charge in [0.25, 0.3) is 0 Å². The fraction of sp³-hybridized carbons (Fsp3) is 0.214. The highest BCUT2D eigenvalue weighted by Crippen LogP contribution is 2.25. The molecule has 1 heterocycles. The van der Waals surface area contributed by atoms with Crippen molar-refractivity contribution in [3.63, 3.8) is 0 Å². The third-order valence-electron chi connectivity index (χ3n) is 3.07. The van der Waals surface area contributed by atoms with Gasteiger partial charge in [-0.15, -0.1) is 0 Å². The molecule has 25 heavy (non-hydrogen) atoms. The summed E-state index contributed by atoms with van der Waals surface area (Å²) in [5, 5.41) is 10.7. The zero-order valence-corrected chi connectivity index (χ0v) is 15.1. The molecular weight excluding hydrogens is 424 g/mol. The number of halogens is 3. The molecule has 1 aromatic heterocycles. The van der Waals surface area contributed by atoms with E-state index in [0.29, 0.717) is 6.07 Å². The minimum atomic E-state index is -3.73. The molecule has 0 spiro atoms. The normalized spacial score (nSPS) is 12.6. The number of benzene rings is 1. The zero-order valence-electron chi connectivity index (χ0n) is 12.7. The Kier molecular flexibility index (Phi) is 5.68. The highest BCUT2D eigenvalue weighted by Gasteiger charge is 2.23. The lowest BCUT2D eigenvalue weighted by atomic mass is 10.0. The van der Waals surface area contributed by atoms with Crippen molar-refractivity contribution in [2.75, 3.05) is 6.26 Å². The third kappa shape index (κ3) is 5.16. The van der Waals surface area contributed by atoms with Gasteiger partial charge in [0.15, 0.2) is 0 Å². The average Bonchev–Trinajstić information content (AvgIpc) is 2.44. The van der Waals surface area contributed by atoms with E-state index in [1.54, 1.807) is 0 Å². The van der Waals surface area contributed by atoms with Gasteiger partial charge in [-0.25, -0.2) is 32.0 Å². The third-order valence-corrected chi connectivity index (χ3v) is 4.54. The molecule has 0 bridgehead atoms. The van der Waals surface area contributed by atoms with Crippen LogP contribution in [0.1, 0.15) is 17.3 Å². The van der Waals surface area contributed by atoms with Gasteiger partial charge in [-0.2, -0.15) is 0 Å². The van der Waals surface area contributed by atoms with Crippen molar-refractivity contribution in [1.82, 2.24) is 15.3 Å². The summed E-state index contributed by atoms with van der Waals surface area (Å²) >= 11 is 3.13. The van der Waals surface area contributed by atoms with Gasteiger partial charge >= 0.3 is 6.09 Å². The molecule has 0 aliphatic rings. The van der Waals surface area contributed by atoms with E-state index in [1.807, 2.05) is 0 Å². The van der Waals surface area contributed by atoms with Gasteiger partial charge < -0.3 is 10.4 Å². The zero-order chi connectivity index (χ0) is 18.8. The lowest BCUT2D eigenvalue weighted by molar-refractivity contribution is 0.189. The van der Waals surface area contributed by atoms with E-state index >= 15 is 0 Å². The largest absolute Gasteiger partial charge is 0.465 e. The number of nitrogens with one attached hydrogen (secondary N) is 1. The predicted molar refractivity (Wildman–Crippen MR) is 86.8 cm³/mol. The maximum atomic E-state index is 13.4. The minimum Gasteiger partial charge on any atom is -0.465 e. The summed E-state index contributed by atoms with van der Waals surface area (Å²) in [6.45, 7) is 0. The minimum absolute atomic E-state index is 0.0301. The standard InChI is InChI=1S/C14H12BrF2N3O4S/c1-25(23,24)13-18-6-10(15)12(20-13)11(19-14(21)22)4-7-2-8(16)5-9(17)3-7/h2-3,5-6,11,19H,4H2,1H3,(H,21,22). The molecule has 0 saturated heterocycles. The molecule has 2 N–H and O–H groups in total. The number of aromatic nitrogens is 2. The van der Waals surface area contributed by atoms with Crippen molar-refractivity contribution in [3.8, 4) is 0 Å². The molecular formula is C14H12BrF2N3O4S. The SMILES string of the molecule is CS(=O)(=O)c1ncc(Br)c(C(Cc2cc(F)cc(F)c2)NC(=O)O)n1. The number of hydrogen-bond donors (Lipinski definition) is 2. The van der Waals surface area contributed by atoms with E-state index in [1.165, 1.54) is 6.20 Å². The van der Waals surface area contributed by atoms with Crippen LogP contribution in [0.25, 0.3) is 0 Å². The smallest absolute Gasteiger partial charge is 0.405 e. The van der Waals surface area contributed by atoms with Gasteiger partial charge in [-0.1, -0.05) is 0 Å². The second-order valence-electron chi connectivity index (χ2n) is 5.14. The number of hydrogen-bond acceptors (Lipinski definition) is 5. The van der Waals surface area contributed by atoms with Gasteiger partial charge in [0.1, 0.15) is 11.6 Å². The Bertz CT molecular complexity index is 904. The molecule has 0 fully saturated rings. The van der Waals surface area contributed by atoms with Crippen molar-refractivity contribution in [3.05, 3.63) is 51.8 Å². The number of sulfone groups is 1. The van der Waals surface area contributed by atoms with Gasteiger partial charge in [0.05, 0.1) is 16.2 Å². The van der Waals surface area contributed by atoms with Crippen LogP contribution >= 0.6 is 15.9 Å². The molecule has 1 unspecified atom stereocenters. The van der Waals surface area contributed by atoms with Crippen LogP contribution in [-0.2, 0) is 16.3 Å². The monoisotopic (exact) mass is 435 g/mol. The molecule has 7 nitrogen and oxygen atoms in total. The van der Waals surface area contributed by atoms with Crippen LogP contribution < -0.4 is 5.32 Å². The van der Waals surface area contributed by atoms with Gasteiger partial charge in [-0.3, -0.25) is 0 Å². The quantitative estimate of drug-likeness (QED) is 0.698. The number of carbonyl (C=O) groups is 1. The van der Waals surface area contributed by atoms with Crippen LogP contribution in [0.3, 0.4) is 0 Å². The maximum absolute atomic E-state index is 13.4. The number of rotatable bonds is 5. The fourth-order valence-electron chi connectivity index (χ4n) is 2.12. The van der Waals surface area contributed by atoms with Crippen LogP contribution in [0.2, 0.25) is 0 Å². The molecule has 1 aromatic carbocycles. The predicted octanol–water partition coefficient (Wildman–Crippen LogP) is 2.47. The Morgan fingerprint density at radius 2 is 1.92 bits per heavy atom. The number of amides is 1. The fourth-order valence-corrected chi connectivity index (χ4v) is 3.09. The van der Waals surface area contributed by atoms with Crippen LogP contribution in [0.15, 0.2) is 34.0 Å². The molecule has 2 rings (SSSR count). The Hall–Kier alpha value is -2.14. The van der Waals surface area contributed by atoms with E-state index < -0.39 is 38.8 Å². The number of nitrogens with zero attached hydrogens (tertiary/aromatic N) is 2. The van der Waals surface area contributed by atoms with Crippen molar-refractivity contribution in [2.24, 2.45) is 0 Å². The summed E-state index contributed by atoms with van der Waals surface area (Å²) in [5.41, 5.74) is 0.199. The first-order valence-electron chi connectivity index (χ1n) is 6.73. The first-order chi connectivity index (χ1) is 11.6.